The van der Waals surface area contributed by atoms with Crippen molar-refractivity contribution in [2.45, 2.75) is 25.9 Å². The summed E-state index contributed by atoms with van der Waals surface area (Å²) in [6.45, 7) is 4.39. The molecule has 28 heavy (non-hydrogen) atoms. The fourth-order valence-electron chi connectivity index (χ4n) is 3.31. The maximum absolute atomic E-state index is 13.7. The van der Waals surface area contributed by atoms with Crippen LogP contribution in [0.2, 0.25) is 0 Å². The fourth-order valence-corrected chi connectivity index (χ4v) is 3.31. The number of amides is 1. The summed E-state index contributed by atoms with van der Waals surface area (Å²) in [7, 11) is 0. The van der Waals surface area contributed by atoms with Crippen molar-refractivity contribution in [1.82, 2.24) is 25.2 Å². The average Bonchev–Trinajstić information content (AvgIpc) is 3.12. The first-order valence-electron chi connectivity index (χ1n) is 9.10. The summed E-state index contributed by atoms with van der Waals surface area (Å²) >= 11 is 0. The zero-order valence-electron chi connectivity index (χ0n) is 15.3. The van der Waals surface area contributed by atoms with E-state index in [1.807, 2.05) is 6.92 Å². The van der Waals surface area contributed by atoms with Crippen LogP contribution in [-0.4, -0.2) is 52.0 Å². The number of hydrogen-bond acceptors (Lipinski definition) is 4. The molecule has 1 aliphatic heterocycles. The van der Waals surface area contributed by atoms with Crippen molar-refractivity contribution in [2.75, 3.05) is 26.2 Å². The summed E-state index contributed by atoms with van der Waals surface area (Å²) in [4.78, 5) is 14.1. The molecule has 0 aliphatic carbocycles. The second kappa shape index (κ2) is 8.26. The summed E-state index contributed by atoms with van der Waals surface area (Å²) in [6.07, 6.45) is -3.46. The van der Waals surface area contributed by atoms with Gasteiger partial charge in [-0.2, -0.15) is 13.2 Å². The summed E-state index contributed by atoms with van der Waals surface area (Å²) in [6, 6.07) is 4.55. The van der Waals surface area contributed by atoms with Crippen LogP contribution in [0.25, 0.3) is 5.69 Å². The Balaban J connectivity index is 1.85. The second-order valence-electron chi connectivity index (χ2n) is 6.72. The minimum atomic E-state index is -4.87. The van der Waals surface area contributed by atoms with Gasteiger partial charge in [0.2, 0.25) is 0 Å². The predicted octanol–water partition coefficient (Wildman–Crippen LogP) is 2.89. The first kappa shape index (κ1) is 20.2. The molecule has 1 aromatic heterocycles. The maximum Gasteiger partial charge on any atom is 0.435 e. The zero-order valence-corrected chi connectivity index (χ0v) is 15.3. The Bertz CT molecular complexity index is 828. The number of aromatic nitrogens is 3. The van der Waals surface area contributed by atoms with Gasteiger partial charge in [-0.1, -0.05) is 18.2 Å². The van der Waals surface area contributed by atoms with Crippen molar-refractivity contribution in [3.63, 3.8) is 0 Å². The molecular formula is C18H21F4N5O. The summed E-state index contributed by atoms with van der Waals surface area (Å²) in [5.74, 6) is -1.14. The van der Waals surface area contributed by atoms with Crippen LogP contribution in [0.1, 0.15) is 35.9 Å². The molecule has 2 aromatic rings. The minimum Gasteiger partial charge on any atom is -0.337 e. The topological polar surface area (TPSA) is 63.1 Å². The third kappa shape index (κ3) is 4.32. The third-order valence-corrected chi connectivity index (χ3v) is 4.78. The minimum absolute atomic E-state index is 0.150. The van der Waals surface area contributed by atoms with E-state index < -0.39 is 29.3 Å². The highest BCUT2D eigenvalue weighted by atomic mass is 19.4. The van der Waals surface area contributed by atoms with E-state index in [1.54, 1.807) is 0 Å². The first-order valence-corrected chi connectivity index (χ1v) is 9.10. The van der Waals surface area contributed by atoms with Gasteiger partial charge in [0.15, 0.2) is 11.4 Å². The molecule has 3 rings (SSSR count). The number of halogens is 4. The van der Waals surface area contributed by atoms with Gasteiger partial charge in [-0.25, -0.2) is 9.07 Å². The van der Waals surface area contributed by atoms with Gasteiger partial charge in [0, 0.05) is 13.1 Å². The molecule has 0 bridgehead atoms. The molecule has 6 nitrogen and oxygen atoms in total. The lowest BCUT2D eigenvalue weighted by molar-refractivity contribution is -0.143. The van der Waals surface area contributed by atoms with Crippen molar-refractivity contribution in [3.05, 3.63) is 41.5 Å². The molecule has 0 spiro atoms. The third-order valence-electron chi connectivity index (χ3n) is 4.78. The van der Waals surface area contributed by atoms with Crippen molar-refractivity contribution in [3.8, 4) is 5.69 Å². The Morgan fingerprint density at radius 1 is 1.29 bits per heavy atom. The number of hydrogen-bond donors (Lipinski definition) is 1. The number of rotatable bonds is 5. The lowest BCUT2D eigenvalue weighted by Gasteiger charge is -2.31. The predicted molar refractivity (Wildman–Crippen MR) is 93.5 cm³/mol. The Labute approximate surface area is 159 Å². The number of alkyl halides is 3. The molecule has 2 heterocycles. The van der Waals surface area contributed by atoms with E-state index in [-0.39, 0.29) is 5.69 Å². The van der Waals surface area contributed by atoms with Crippen LogP contribution in [0.4, 0.5) is 17.6 Å². The smallest absolute Gasteiger partial charge is 0.337 e. The quantitative estimate of drug-likeness (QED) is 0.786. The van der Waals surface area contributed by atoms with Gasteiger partial charge < -0.3 is 10.2 Å². The van der Waals surface area contributed by atoms with Gasteiger partial charge in [0.25, 0.3) is 5.91 Å². The molecule has 1 aliphatic rings. The van der Waals surface area contributed by atoms with E-state index in [0.717, 1.165) is 25.2 Å². The maximum atomic E-state index is 13.7. The molecule has 1 aromatic carbocycles. The van der Waals surface area contributed by atoms with Crippen LogP contribution in [0.5, 0.6) is 0 Å². The van der Waals surface area contributed by atoms with Crippen LogP contribution < -0.4 is 5.32 Å². The summed E-state index contributed by atoms with van der Waals surface area (Å²) in [5, 5.41) is 10.2. The average molecular weight is 399 g/mol. The van der Waals surface area contributed by atoms with Crippen LogP contribution in [-0.2, 0) is 6.18 Å². The first-order chi connectivity index (χ1) is 13.3. The number of nitrogens with zero attached hydrogens (tertiary/aromatic N) is 4. The molecule has 1 fully saturated rings. The summed E-state index contributed by atoms with van der Waals surface area (Å²) < 4.78 is 55.0. The van der Waals surface area contributed by atoms with Crippen LogP contribution >= 0.6 is 0 Å². The van der Waals surface area contributed by atoms with Crippen molar-refractivity contribution in [1.29, 1.82) is 0 Å². The van der Waals surface area contributed by atoms with Gasteiger partial charge in [0.1, 0.15) is 5.82 Å². The molecule has 0 radical (unpaired) electrons. The van der Waals surface area contributed by atoms with E-state index in [0.29, 0.717) is 36.5 Å². The van der Waals surface area contributed by atoms with Gasteiger partial charge in [-0.05, 0) is 50.0 Å². The number of nitrogens with one attached hydrogen (secondary N) is 1. The number of likely N-dealkylation sites (tertiary alicyclic amines) is 1. The molecule has 1 saturated heterocycles. The lowest BCUT2D eigenvalue weighted by atomic mass is 9.96. The lowest BCUT2D eigenvalue weighted by Crippen LogP contribution is -2.41. The van der Waals surface area contributed by atoms with Gasteiger partial charge >= 0.3 is 6.18 Å². The molecule has 10 heteroatoms. The van der Waals surface area contributed by atoms with Crippen molar-refractivity contribution < 1.29 is 22.4 Å². The van der Waals surface area contributed by atoms with Gasteiger partial charge in [0.05, 0.1) is 5.69 Å². The molecule has 152 valence electrons. The number of benzene rings is 1. The molecule has 0 saturated carbocycles. The normalized spacial score (nSPS) is 15.8. The molecule has 0 unspecified atom stereocenters. The highest BCUT2D eigenvalue weighted by molar-refractivity contribution is 5.93. The number of carbonyl (C=O) groups is 1. The van der Waals surface area contributed by atoms with E-state index in [9.17, 15) is 22.4 Å². The van der Waals surface area contributed by atoms with Crippen LogP contribution in [0.15, 0.2) is 24.3 Å². The van der Waals surface area contributed by atoms with Crippen molar-refractivity contribution in [2.24, 2.45) is 5.92 Å². The monoisotopic (exact) mass is 399 g/mol. The highest BCUT2D eigenvalue weighted by Gasteiger charge is 2.43. The SMILES string of the molecule is CCNCC1CCN(C(=O)c2nnn(-c3cccc(F)c3)c2C(F)(F)F)CC1. The number of carbonyl (C=O) groups excluding carboxylic acids is 1. The molecular weight excluding hydrogens is 378 g/mol. The second-order valence-corrected chi connectivity index (χ2v) is 6.72. The largest absolute Gasteiger partial charge is 0.435 e. The van der Waals surface area contributed by atoms with Gasteiger partial charge in [-0.3, -0.25) is 4.79 Å². The Kier molecular flexibility index (Phi) is 5.97. The Hall–Kier alpha value is -2.49. The van der Waals surface area contributed by atoms with Gasteiger partial charge in [-0.15, -0.1) is 5.10 Å². The fraction of sp³-hybridized carbons (Fsp3) is 0.500. The standard InChI is InChI=1S/C18H21F4N5O/c1-2-23-11-12-6-8-26(9-7-12)17(28)15-16(18(20,21)22)27(25-24-15)14-5-3-4-13(19)10-14/h3-5,10,12,23H,2,6-9,11H2,1H3. The molecule has 1 N–H and O–H groups in total. The Morgan fingerprint density at radius 3 is 2.61 bits per heavy atom. The van der Waals surface area contributed by atoms with E-state index in [2.05, 4.69) is 15.6 Å². The summed E-state index contributed by atoms with van der Waals surface area (Å²) in [5.41, 5.74) is -2.21. The number of piperidine rings is 1. The zero-order chi connectivity index (χ0) is 20.3. The van der Waals surface area contributed by atoms with Crippen molar-refractivity contribution >= 4 is 5.91 Å². The molecule has 1 amide bonds. The van der Waals surface area contributed by atoms with E-state index in [4.69, 9.17) is 0 Å². The van der Waals surface area contributed by atoms with Crippen LogP contribution in [0, 0.1) is 11.7 Å². The highest BCUT2D eigenvalue weighted by Crippen LogP contribution is 2.33. The Morgan fingerprint density at radius 2 is 2.00 bits per heavy atom. The van der Waals surface area contributed by atoms with E-state index in [1.165, 1.54) is 17.0 Å². The van der Waals surface area contributed by atoms with Crippen LogP contribution in [0.3, 0.4) is 0 Å². The molecule has 0 atom stereocenters. The van der Waals surface area contributed by atoms with E-state index >= 15 is 0 Å².